The number of carbonyl (C=O) groups excluding carboxylic acids is 1. The Kier molecular flexibility index (Phi) is 5.80. The molecule has 3 aromatic heterocycles. The van der Waals surface area contributed by atoms with Crippen molar-refractivity contribution in [2.24, 2.45) is 0 Å². The zero-order valence-corrected chi connectivity index (χ0v) is 19.2. The summed E-state index contributed by atoms with van der Waals surface area (Å²) in [5, 5.41) is 7.21. The van der Waals surface area contributed by atoms with Gasteiger partial charge in [0.2, 0.25) is 11.7 Å². The van der Waals surface area contributed by atoms with Crippen molar-refractivity contribution in [1.82, 2.24) is 24.9 Å². The molecule has 1 amide bonds. The number of amides is 1. The molecule has 166 valence electrons. The third-order valence-electron chi connectivity index (χ3n) is 6.05. The van der Waals surface area contributed by atoms with Crippen molar-refractivity contribution in [2.45, 2.75) is 26.7 Å². The highest BCUT2D eigenvalue weighted by atomic mass is 32.1. The van der Waals surface area contributed by atoms with E-state index >= 15 is 0 Å². The molecule has 0 atom stereocenters. The van der Waals surface area contributed by atoms with E-state index in [0.29, 0.717) is 17.4 Å². The summed E-state index contributed by atoms with van der Waals surface area (Å²) in [4.78, 5) is 26.2. The van der Waals surface area contributed by atoms with Crippen molar-refractivity contribution in [2.75, 3.05) is 32.7 Å². The van der Waals surface area contributed by atoms with Crippen LogP contribution in [0.5, 0.6) is 0 Å². The van der Waals surface area contributed by atoms with Gasteiger partial charge in [-0.25, -0.2) is 0 Å². The number of benzene rings is 1. The Balaban J connectivity index is 1.11. The Morgan fingerprint density at radius 2 is 2.03 bits per heavy atom. The molecule has 1 aromatic carbocycles. The van der Waals surface area contributed by atoms with Gasteiger partial charge in [0, 0.05) is 43.5 Å². The first kappa shape index (κ1) is 20.9. The third-order valence-corrected chi connectivity index (χ3v) is 6.92. The molecule has 1 aliphatic rings. The number of aromatic amines is 1. The van der Waals surface area contributed by atoms with Gasteiger partial charge in [0.15, 0.2) is 0 Å². The summed E-state index contributed by atoms with van der Waals surface area (Å²) >= 11 is 1.61. The summed E-state index contributed by atoms with van der Waals surface area (Å²) in [6.07, 6.45) is 1.73. The molecule has 0 aliphatic carbocycles. The molecule has 0 spiro atoms. The predicted octanol–water partition coefficient (Wildman–Crippen LogP) is 4.29. The van der Waals surface area contributed by atoms with Crippen molar-refractivity contribution in [3.8, 4) is 10.7 Å². The minimum absolute atomic E-state index is 0.0878. The highest BCUT2D eigenvalue weighted by Crippen LogP contribution is 2.23. The van der Waals surface area contributed by atoms with E-state index in [4.69, 9.17) is 4.52 Å². The van der Waals surface area contributed by atoms with E-state index in [1.165, 1.54) is 11.1 Å². The van der Waals surface area contributed by atoms with Crippen molar-refractivity contribution in [3.05, 3.63) is 58.4 Å². The average Bonchev–Trinajstić information content (AvgIpc) is 3.54. The van der Waals surface area contributed by atoms with E-state index in [1.54, 1.807) is 11.3 Å². The Morgan fingerprint density at radius 1 is 1.19 bits per heavy atom. The Hall–Kier alpha value is -2.97. The minimum Gasteiger partial charge on any atom is -0.351 e. The summed E-state index contributed by atoms with van der Waals surface area (Å²) in [6, 6.07) is 10.2. The van der Waals surface area contributed by atoms with Crippen LogP contribution in [0.1, 0.15) is 33.9 Å². The van der Waals surface area contributed by atoms with Gasteiger partial charge in [0.05, 0.1) is 4.88 Å². The number of H-pyrrole nitrogens is 1. The second-order valence-corrected chi connectivity index (χ2v) is 9.40. The number of piperazine rings is 1. The first-order valence-electron chi connectivity index (χ1n) is 11.0. The molecule has 0 radical (unpaired) electrons. The van der Waals surface area contributed by atoms with Crippen LogP contribution in [0.15, 0.2) is 40.2 Å². The Bertz CT molecular complexity index is 1220. The zero-order chi connectivity index (χ0) is 22.1. The van der Waals surface area contributed by atoms with Crippen LogP contribution >= 0.6 is 11.3 Å². The predicted molar refractivity (Wildman–Crippen MR) is 126 cm³/mol. The fraction of sp³-hybridized carbons (Fsp3) is 0.375. The van der Waals surface area contributed by atoms with Gasteiger partial charge in [-0.1, -0.05) is 17.3 Å². The van der Waals surface area contributed by atoms with Crippen LogP contribution in [0.2, 0.25) is 0 Å². The Labute approximate surface area is 191 Å². The van der Waals surface area contributed by atoms with Gasteiger partial charge in [-0.15, -0.1) is 11.3 Å². The van der Waals surface area contributed by atoms with E-state index in [2.05, 4.69) is 46.0 Å². The summed E-state index contributed by atoms with van der Waals surface area (Å²) < 4.78 is 5.39. The van der Waals surface area contributed by atoms with Crippen LogP contribution in [0, 0.1) is 13.8 Å². The first-order chi connectivity index (χ1) is 15.6. The number of nitrogens with one attached hydrogen (secondary N) is 1. The lowest BCUT2D eigenvalue weighted by molar-refractivity contribution is 0.0631. The molecule has 32 heavy (non-hydrogen) atoms. The maximum atomic E-state index is 13.0. The van der Waals surface area contributed by atoms with E-state index in [1.807, 2.05) is 28.5 Å². The molecule has 4 heterocycles. The lowest BCUT2D eigenvalue weighted by atomic mass is 10.1. The number of rotatable bonds is 6. The highest BCUT2D eigenvalue weighted by Gasteiger charge is 2.23. The zero-order valence-electron chi connectivity index (χ0n) is 18.4. The quantitative estimate of drug-likeness (QED) is 0.475. The summed E-state index contributed by atoms with van der Waals surface area (Å²) in [6.45, 7) is 8.39. The lowest BCUT2D eigenvalue weighted by Gasteiger charge is -2.34. The lowest BCUT2D eigenvalue weighted by Crippen LogP contribution is -2.49. The van der Waals surface area contributed by atoms with Crippen LogP contribution < -0.4 is 0 Å². The SMILES string of the molecule is Cc1cc(C)c2cc(C(=O)N3CCN(CCCc4nc(-c5cccs5)no4)CC3)[nH]c2c1. The number of thiophene rings is 1. The van der Waals surface area contributed by atoms with Gasteiger partial charge < -0.3 is 14.4 Å². The number of aryl methyl sites for hydroxylation is 3. The smallest absolute Gasteiger partial charge is 0.270 e. The number of nitrogens with zero attached hydrogens (tertiary/aromatic N) is 4. The van der Waals surface area contributed by atoms with Crippen LogP contribution in [-0.4, -0.2) is 63.6 Å². The molecule has 1 aliphatic heterocycles. The number of hydrogen-bond donors (Lipinski definition) is 1. The van der Waals surface area contributed by atoms with Gasteiger partial charge in [0.1, 0.15) is 5.69 Å². The van der Waals surface area contributed by atoms with Crippen molar-refractivity contribution in [3.63, 3.8) is 0 Å². The van der Waals surface area contributed by atoms with Crippen LogP contribution in [0.4, 0.5) is 0 Å². The molecule has 5 rings (SSSR count). The van der Waals surface area contributed by atoms with Gasteiger partial charge in [-0.2, -0.15) is 4.98 Å². The van der Waals surface area contributed by atoms with Crippen molar-refractivity contribution >= 4 is 28.1 Å². The van der Waals surface area contributed by atoms with Crippen molar-refractivity contribution in [1.29, 1.82) is 0 Å². The molecule has 1 fully saturated rings. The number of hydrogen-bond acceptors (Lipinski definition) is 6. The number of aromatic nitrogens is 3. The molecular formula is C24H27N5O2S. The van der Waals surface area contributed by atoms with E-state index in [-0.39, 0.29) is 5.91 Å². The third kappa shape index (κ3) is 4.33. The second kappa shape index (κ2) is 8.88. The molecule has 7 nitrogen and oxygen atoms in total. The van der Waals surface area contributed by atoms with Gasteiger partial charge in [-0.05, 0) is 61.5 Å². The fourth-order valence-electron chi connectivity index (χ4n) is 4.38. The largest absolute Gasteiger partial charge is 0.351 e. The average molecular weight is 450 g/mol. The highest BCUT2D eigenvalue weighted by molar-refractivity contribution is 7.13. The second-order valence-electron chi connectivity index (χ2n) is 8.45. The molecule has 0 unspecified atom stereocenters. The van der Waals surface area contributed by atoms with Crippen LogP contribution in [0.3, 0.4) is 0 Å². The number of fused-ring (bicyclic) bond motifs is 1. The van der Waals surface area contributed by atoms with E-state index in [9.17, 15) is 4.79 Å². The molecular weight excluding hydrogens is 422 g/mol. The van der Waals surface area contributed by atoms with Gasteiger partial charge in [-0.3, -0.25) is 9.69 Å². The van der Waals surface area contributed by atoms with Gasteiger partial charge in [0.25, 0.3) is 5.91 Å². The maximum Gasteiger partial charge on any atom is 0.270 e. The normalized spacial score (nSPS) is 15.0. The first-order valence-corrected chi connectivity index (χ1v) is 11.9. The van der Waals surface area contributed by atoms with Crippen LogP contribution in [-0.2, 0) is 6.42 Å². The van der Waals surface area contributed by atoms with Crippen LogP contribution in [0.25, 0.3) is 21.6 Å². The molecule has 8 heteroatoms. The Morgan fingerprint density at radius 3 is 2.81 bits per heavy atom. The summed E-state index contributed by atoms with van der Waals surface area (Å²) in [5.74, 6) is 1.45. The molecule has 0 saturated carbocycles. The minimum atomic E-state index is 0.0878. The van der Waals surface area contributed by atoms with E-state index < -0.39 is 0 Å². The maximum absolute atomic E-state index is 13.0. The molecule has 0 bridgehead atoms. The summed E-state index contributed by atoms with van der Waals surface area (Å²) in [5.41, 5.74) is 4.12. The standard InChI is InChI=1S/C24H27N5O2S/c1-16-13-17(2)18-15-20(25-19(18)14-16)24(30)29-10-8-28(9-11-29)7-3-6-22-26-23(27-31-22)21-5-4-12-32-21/h4-5,12-15,25H,3,6-11H2,1-2H3. The number of carbonyl (C=O) groups is 1. The molecule has 1 saturated heterocycles. The van der Waals surface area contributed by atoms with E-state index in [0.717, 1.165) is 61.3 Å². The molecule has 1 N–H and O–H groups in total. The molecule has 4 aromatic rings. The monoisotopic (exact) mass is 449 g/mol. The van der Waals surface area contributed by atoms with Crippen molar-refractivity contribution < 1.29 is 9.32 Å². The fourth-order valence-corrected chi connectivity index (χ4v) is 5.02. The van der Waals surface area contributed by atoms with Gasteiger partial charge >= 0.3 is 0 Å². The summed E-state index contributed by atoms with van der Waals surface area (Å²) in [7, 11) is 0. The topological polar surface area (TPSA) is 78.3 Å².